The quantitative estimate of drug-likeness (QED) is 0.648. The lowest BCUT2D eigenvalue weighted by Crippen LogP contribution is -2.31. The molecule has 3 rings (SSSR count). The van der Waals surface area contributed by atoms with Crippen LogP contribution in [0, 0.1) is 0 Å². The summed E-state index contributed by atoms with van der Waals surface area (Å²) in [5.41, 5.74) is 1.22. The molecule has 0 aliphatic rings. The highest BCUT2D eigenvalue weighted by atomic mass is 16.5. The van der Waals surface area contributed by atoms with Crippen molar-refractivity contribution in [2.75, 3.05) is 27.9 Å². The molecule has 7 nitrogen and oxygen atoms in total. The monoisotopic (exact) mass is 394 g/mol. The molecule has 0 unspecified atom stereocenters. The maximum absolute atomic E-state index is 13.0. The maximum atomic E-state index is 13.0. The SMILES string of the molecule is C=CCNC(=O)n1c(-c2ccc(OC)cc2)cc(=O)c2c(OC)cc(OC)cc21. The Labute approximate surface area is 168 Å². The number of aromatic nitrogens is 1. The Hall–Kier alpha value is -3.74. The van der Waals surface area contributed by atoms with Gasteiger partial charge in [0.15, 0.2) is 5.43 Å². The lowest BCUT2D eigenvalue weighted by molar-refractivity contribution is 0.244. The lowest BCUT2D eigenvalue weighted by Gasteiger charge is -2.18. The average Bonchev–Trinajstić information content (AvgIpc) is 2.76. The van der Waals surface area contributed by atoms with E-state index in [0.717, 1.165) is 0 Å². The number of methoxy groups -OCH3 is 3. The van der Waals surface area contributed by atoms with E-state index in [1.807, 2.05) is 0 Å². The van der Waals surface area contributed by atoms with Crippen molar-refractivity contribution < 1.29 is 19.0 Å². The average molecular weight is 394 g/mol. The Bertz CT molecular complexity index is 1120. The van der Waals surface area contributed by atoms with Gasteiger partial charge in [-0.3, -0.25) is 9.36 Å². The van der Waals surface area contributed by atoms with Crippen LogP contribution in [0.15, 0.2) is 59.9 Å². The molecule has 0 fully saturated rings. The van der Waals surface area contributed by atoms with E-state index in [4.69, 9.17) is 14.2 Å². The maximum Gasteiger partial charge on any atom is 0.326 e. The first-order valence-corrected chi connectivity index (χ1v) is 8.89. The first-order chi connectivity index (χ1) is 14.0. The molecule has 150 valence electrons. The number of carbonyl (C=O) groups is 1. The molecular formula is C22H22N2O5. The van der Waals surface area contributed by atoms with Gasteiger partial charge < -0.3 is 19.5 Å². The molecule has 0 bridgehead atoms. The van der Waals surface area contributed by atoms with Crippen LogP contribution in [0.4, 0.5) is 4.79 Å². The number of rotatable bonds is 6. The van der Waals surface area contributed by atoms with Gasteiger partial charge in [0.1, 0.15) is 17.2 Å². The van der Waals surface area contributed by atoms with E-state index in [1.165, 1.54) is 24.9 Å². The van der Waals surface area contributed by atoms with Gasteiger partial charge in [-0.2, -0.15) is 0 Å². The summed E-state index contributed by atoms with van der Waals surface area (Å²) in [7, 11) is 4.55. The molecule has 0 radical (unpaired) electrons. The van der Waals surface area contributed by atoms with Crippen LogP contribution in [0.5, 0.6) is 17.2 Å². The minimum atomic E-state index is -0.406. The zero-order chi connectivity index (χ0) is 21.0. The van der Waals surface area contributed by atoms with Crippen molar-refractivity contribution in [2.24, 2.45) is 0 Å². The van der Waals surface area contributed by atoms with Gasteiger partial charge in [-0.25, -0.2) is 4.79 Å². The van der Waals surface area contributed by atoms with Crippen molar-refractivity contribution in [1.29, 1.82) is 0 Å². The van der Waals surface area contributed by atoms with E-state index in [9.17, 15) is 9.59 Å². The van der Waals surface area contributed by atoms with Gasteiger partial charge in [0.05, 0.1) is 37.9 Å². The van der Waals surface area contributed by atoms with Crippen LogP contribution >= 0.6 is 0 Å². The van der Waals surface area contributed by atoms with Crippen molar-refractivity contribution in [3.8, 4) is 28.5 Å². The molecule has 2 aromatic carbocycles. The Morgan fingerprint density at radius 3 is 2.31 bits per heavy atom. The van der Waals surface area contributed by atoms with Crippen LogP contribution in [0.25, 0.3) is 22.2 Å². The van der Waals surface area contributed by atoms with Gasteiger partial charge in [0.2, 0.25) is 0 Å². The van der Waals surface area contributed by atoms with Crippen LogP contribution in [-0.4, -0.2) is 38.5 Å². The number of nitrogens with one attached hydrogen (secondary N) is 1. The Kier molecular flexibility index (Phi) is 5.87. The second-order valence-electron chi connectivity index (χ2n) is 6.16. The van der Waals surface area contributed by atoms with Crippen molar-refractivity contribution in [1.82, 2.24) is 9.88 Å². The van der Waals surface area contributed by atoms with Crippen molar-refractivity contribution in [2.45, 2.75) is 0 Å². The summed E-state index contributed by atoms with van der Waals surface area (Å²) in [5, 5.41) is 3.06. The third-order valence-corrected chi connectivity index (χ3v) is 4.49. The molecular weight excluding hydrogens is 372 g/mol. The third-order valence-electron chi connectivity index (χ3n) is 4.49. The zero-order valence-electron chi connectivity index (χ0n) is 16.5. The summed E-state index contributed by atoms with van der Waals surface area (Å²) in [6.07, 6.45) is 1.58. The van der Waals surface area contributed by atoms with Crippen LogP contribution in [0.3, 0.4) is 0 Å². The topological polar surface area (TPSA) is 78.8 Å². The van der Waals surface area contributed by atoms with Gasteiger partial charge in [-0.1, -0.05) is 6.08 Å². The number of hydrogen-bond acceptors (Lipinski definition) is 5. The smallest absolute Gasteiger partial charge is 0.326 e. The van der Waals surface area contributed by atoms with E-state index >= 15 is 0 Å². The molecule has 0 saturated heterocycles. The highest BCUT2D eigenvalue weighted by Gasteiger charge is 2.20. The van der Waals surface area contributed by atoms with Crippen molar-refractivity contribution >= 4 is 16.9 Å². The fraction of sp³-hybridized carbons (Fsp3) is 0.182. The Morgan fingerprint density at radius 2 is 1.72 bits per heavy atom. The van der Waals surface area contributed by atoms with Crippen molar-refractivity contribution in [3.63, 3.8) is 0 Å². The van der Waals surface area contributed by atoms with Gasteiger partial charge >= 0.3 is 6.03 Å². The number of nitrogens with zero attached hydrogens (tertiary/aromatic N) is 1. The molecule has 0 saturated carbocycles. The molecule has 0 aliphatic carbocycles. The van der Waals surface area contributed by atoms with E-state index in [2.05, 4.69) is 11.9 Å². The molecule has 1 aromatic heterocycles. The summed E-state index contributed by atoms with van der Waals surface area (Å²) in [6.45, 7) is 3.90. The zero-order valence-corrected chi connectivity index (χ0v) is 16.5. The first-order valence-electron chi connectivity index (χ1n) is 8.89. The van der Waals surface area contributed by atoms with Gasteiger partial charge in [0.25, 0.3) is 0 Å². The van der Waals surface area contributed by atoms with Crippen LogP contribution in [0.1, 0.15) is 0 Å². The van der Waals surface area contributed by atoms with Crippen molar-refractivity contribution in [3.05, 3.63) is 65.3 Å². The molecule has 0 aliphatic heterocycles. The predicted molar refractivity (Wildman–Crippen MR) is 112 cm³/mol. The number of hydrogen-bond donors (Lipinski definition) is 1. The molecule has 3 aromatic rings. The first kappa shape index (κ1) is 20.0. The molecule has 0 atom stereocenters. The summed E-state index contributed by atoms with van der Waals surface area (Å²) in [5.74, 6) is 1.46. The number of carbonyl (C=O) groups excluding carboxylic acids is 1. The minimum Gasteiger partial charge on any atom is -0.497 e. The summed E-state index contributed by atoms with van der Waals surface area (Å²) in [4.78, 5) is 26.0. The lowest BCUT2D eigenvalue weighted by atomic mass is 10.1. The summed E-state index contributed by atoms with van der Waals surface area (Å²) in [6, 6.07) is 11.4. The number of ether oxygens (including phenoxy) is 3. The Morgan fingerprint density at radius 1 is 1.03 bits per heavy atom. The summed E-state index contributed by atoms with van der Waals surface area (Å²) >= 11 is 0. The van der Waals surface area contributed by atoms with Gasteiger partial charge in [0, 0.05) is 24.7 Å². The largest absolute Gasteiger partial charge is 0.497 e. The number of pyridine rings is 1. The van der Waals surface area contributed by atoms with Crippen LogP contribution in [-0.2, 0) is 0 Å². The Balaban J connectivity index is 2.38. The molecule has 7 heteroatoms. The van der Waals surface area contributed by atoms with Crippen LogP contribution < -0.4 is 25.0 Å². The normalized spacial score (nSPS) is 10.4. The minimum absolute atomic E-state index is 0.266. The van der Waals surface area contributed by atoms with E-state index in [-0.39, 0.29) is 12.0 Å². The van der Waals surface area contributed by atoms with Gasteiger partial charge in [-0.15, -0.1) is 6.58 Å². The molecule has 1 amide bonds. The fourth-order valence-electron chi connectivity index (χ4n) is 3.10. The van der Waals surface area contributed by atoms with E-state index in [1.54, 1.807) is 49.6 Å². The number of benzene rings is 2. The number of fused-ring (bicyclic) bond motifs is 1. The molecule has 29 heavy (non-hydrogen) atoms. The van der Waals surface area contributed by atoms with E-state index in [0.29, 0.717) is 39.4 Å². The van der Waals surface area contributed by atoms with Crippen LogP contribution in [0.2, 0.25) is 0 Å². The standard InChI is InChI=1S/C22H22N2O5/c1-5-10-23-22(26)24-17(14-6-8-15(27-2)9-7-14)13-19(25)21-18(24)11-16(28-3)12-20(21)29-4/h5-9,11-13H,1,10H2,2-4H3,(H,23,26). The highest BCUT2D eigenvalue weighted by Crippen LogP contribution is 2.32. The second kappa shape index (κ2) is 8.52. The predicted octanol–water partition coefficient (Wildman–Crippen LogP) is 3.44. The van der Waals surface area contributed by atoms with Gasteiger partial charge in [-0.05, 0) is 29.8 Å². The second-order valence-corrected chi connectivity index (χ2v) is 6.16. The molecule has 1 N–H and O–H groups in total. The van der Waals surface area contributed by atoms with E-state index < -0.39 is 6.03 Å². The molecule has 1 heterocycles. The molecule has 0 spiro atoms. The fourth-order valence-corrected chi connectivity index (χ4v) is 3.10. The number of amides is 1. The highest BCUT2D eigenvalue weighted by molar-refractivity contribution is 5.98. The summed E-state index contributed by atoms with van der Waals surface area (Å²) < 4.78 is 17.4. The third kappa shape index (κ3) is 3.80.